The monoisotopic (exact) mass is 489 g/mol. The lowest BCUT2D eigenvalue weighted by Crippen LogP contribution is -2.35. The van der Waals surface area contributed by atoms with Crippen molar-refractivity contribution in [2.24, 2.45) is 0 Å². The van der Waals surface area contributed by atoms with Crippen molar-refractivity contribution in [1.29, 1.82) is 0 Å². The number of hydrogen-bond donors (Lipinski definition) is 0. The molecule has 0 saturated heterocycles. The molecular weight excluding hydrogens is 469 g/mol. The highest BCUT2D eigenvalue weighted by Crippen LogP contribution is 2.60. The SMILES string of the molecule is Cc1cncc(-c2cccc(-c3ccc4c5c3Oc3ccccc3P5(=S)c3ccccc3O4)c2)c1. The van der Waals surface area contributed by atoms with E-state index in [1.807, 2.05) is 54.9 Å². The van der Waals surface area contributed by atoms with Crippen molar-refractivity contribution in [3.05, 3.63) is 109 Å². The first kappa shape index (κ1) is 20.6. The number of fused-ring (bicyclic) bond motifs is 4. The fourth-order valence-electron chi connectivity index (χ4n) is 5.05. The van der Waals surface area contributed by atoms with E-state index in [0.717, 1.165) is 66.7 Å². The molecule has 35 heavy (non-hydrogen) atoms. The molecule has 3 nitrogen and oxygen atoms in total. The van der Waals surface area contributed by atoms with E-state index in [0.29, 0.717) is 0 Å². The number of nitrogens with zero attached hydrogens (tertiary/aromatic N) is 1. The van der Waals surface area contributed by atoms with Crippen LogP contribution >= 0.6 is 6.04 Å². The van der Waals surface area contributed by atoms with E-state index in [-0.39, 0.29) is 0 Å². The Balaban J connectivity index is 1.49. The number of hydrogen-bond acceptors (Lipinski definition) is 4. The van der Waals surface area contributed by atoms with Gasteiger partial charge in [-0.25, -0.2) is 0 Å². The van der Waals surface area contributed by atoms with Crippen LogP contribution in [-0.4, -0.2) is 4.98 Å². The van der Waals surface area contributed by atoms with Gasteiger partial charge >= 0.3 is 0 Å². The average Bonchev–Trinajstić information content (AvgIpc) is 2.89. The van der Waals surface area contributed by atoms with Gasteiger partial charge in [0, 0.05) is 34.1 Å². The third-order valence-corrected chi connectivity index (χ3v) is 11.5. The van der Waals surface area contributed by atoms with Crippen LogP contribution in [-0.2, 0) is 11.8 Å². The number of aryl methyl sites for hydroxylation is 1. The summed E-state index contributed by atoms with van der Waals surface area (Å²) >= 11 is 6.63. The lowest BCUT2D eigenvalue weighted by atomic mass is 9.98. The second-order valence-electron chi connectivity index (χ2n) is 8.87. The van der Waals surface area contributed by atoms with Gasteiger partial charge in [0.1, 0.15) is 23.0 Å². The summed E-state index contributed by atoms with van der Waals surface area (Å²) in [5, 5.41) is 3.16. The van der Waals surface area contributed by atoms with Crippen molar-refractivity contribution in [3.63, 3.8) is 0 Å². The Hall–Kier alpha value is -3.72. The molecule has 5 heteroatoms. The van der Waals surface area contributed by atoms with Crippen LogP contribution in [0.5, 0.6) is 23.0 Å². The van der Waals surface area contributed by atoms with Crippen LogP contribution in [0.4, 0.5) is 0 Å². The number of aromatic nitrogens is 1. The van der Waals surface area contributed by atoms with E-state index >= 15 is 0 Å². The number of rotatable bonds is 2. The van der Waals surface area contributed by atoms with Gasteiger partial charge in [0.25, 0.3) is 0 Å². The molecule has 0 radical (unpaired) electrons. The van der Waals surface area contributed by atoms with Crippen LogP contribution in [0.25, 0.3) is 22.3 Å². The second-order valence-corrected chi connectivity index (χ2v) is 13.1. The molecule has 0 N–H and O–H groups in total. The Morgan fingerprint density at radius 2 is 1.37 bits per heavy atom. The molecule has 3 heterocycles. The predicted molar refractivity (Wildman–Crippen MR) is 146 cm³/mol. The summed E-state index contributed by atoms with van der Waals surface area (Å²) in [6.45, 7) is 2.06. The minimum atomic E-state index is -2.37. The van der Waals surface area contributed by atoms with Crippen LogP contribution in [0, 0.1) is 6.92 Å². The summed E-state index contributed by atoms with van der Waals surface area (Å²) < 4.78 is 13.0. The molecule has 168 valence electrons. The van der Waals surface area contributed by atoms with E-state index in [1.165, 1.54) is 0 Å². The van der Waals surface area contributed by atoms with Crippen molar-refractivity contribution >= 4 is 33.8 Å². The van der Waals surface area contributed by atoms with Gasteiger partial charge in [0.2, 0.25) is 0 Å². The molecule has 5 aromatic rings. The number of ether oxygens (including phenoxy) is 2. The first-order valence-corrected chi connectivity index (χ1v) is 14.3. The van der Waals surface area contributed by atoms with Crippen molar-refractivity contribution < 1.29 is 9.47 Å². The molecule has 4 aromatic carbocycles. The van der Waals surface area contributed by atoms with Gasteiger partial charge in [-0.1, -0.05) is 54.3 Å². The number of para-hydroxylation sites is 2. The van der Waals surface area contributed by atoms with Crippen molar-refractivity contribution in [2.75, 3.05) is 0 Å². The zero-order valence-corrected chi connectivity index (χ0v) is 20.6. The molecule has 0 saturated carbocycles. The predicted octanol–water partition coefficient (Wildman–Crippen LogP) is 6.69. The Kier molecular flexibility index (Phi) is 4.51. The zero-order valence-electron chi connectivity index (χ0n) is 18.9. The highest BCUT2D eigenvalue weighted by Gasteiger charge is 2.43. The normalized spacial score (nSPS) is 16.8. The fraction of sp³-hybridized carbons (Fsp3) is 0.0333. The zero-order chi connectivity index (χ0) is 23.6. The highest BCUT2D eigenvalue weighted by atomic mass is 32.4. The van der Waals surface area contributed by atoms with Gasteiger partial charge in [-0.3, -0.25) is 4.98 Å². The molecule has 7 rings (SSSR count). The van der Waals surface area contributed by atoms with E-state index in [9.17, 15) is 0 Å². The molecule has 0 spiro atoms. The quantitative estimate of drug-likeness (QED) is 0.253. The van der Waals surface area contributed by atoms with Crippen LogP contribution < -0.4 is 25.4 Å². The Labute approximate surface area is 209 Å². The van der Waals surface area contributed by atoms with E-state index in [1.54, 1.807) is 0 Å². The van der Waals surface area contributed by atoms with Crippen molar-refractivity contribution in [1.82, 2.24) is 4.98 Å². The Morgan fingerprint density at radius 1 is 0.657 bits per heavy atom. The van der Waals surface area contributed by atoms with Crippen LogP contribution in [0.2, 0.25) is 0 Å². The summed E-state index contributed by atoms with van der Waals surface area (Å²) in [6.07, 6.45) is 3.78. The highest BCUT2D eigenvalue weighted by molar-refractivity contribution is 8.26. The van der Waals surface area contributed by atoms with Crippen molar-refractivity contribution in [2.45, 2.75) is 6.92 Å². The third-order valence-electron chi connectivity index (χ3n) is 6.63. The lowest BCUT2D eigenvalue weighted by molar-refractivity contribution is 0.467. The van der Waals surface area contributed by atoms with Gasteiger partial charge < -0.3 is 9.47 Å². The van der Waals surface area contributed by atoms with E-state index in [4.69, 9.17) is 21.3 Å². The standard InChI is InChI=1S/C30H20NO2PS/c1-19-15-22(18-31-17-19)20-7-6-8-21(16-20)23-13-14-26-30-29(23)33-25-10-3-5-12-28(25)34(30,35)27-11-4-2-9-24(27)32-26/h2-18H,1H3. The van der Waals surface area contributed by atoms with Gasteiger partial charge in [-0.2, -0.15) is 0 Å². The van der Waals surface area contributed by atoms with Crippen LogP contribution in [0.1, 0.15) is 5.56 Å². The Morgan fingerprint density at radius 3 is 2.14 bits per heavy atom. The second kappa shape index (κ2) is 7.64. The molecule has 0 fully saturated rings. The molecule has 0 amide bonds. The smallest absolute Gasteiger partial charge is 0.148 e. The topological polar surface area (TPSA) is 31.4 Å². The third kappa shape index (κ3) is 3.04. The largest absolute Gasteiger partial charge is 0.456 e. The summed E-state index contributed by atoms with van der Waals surface area (Å²) in [4.78, 5) is 4.38. The van der Waals surface area contributed by atoms with E-state index < -0.39 is 6.04 Å². The molecule has 1 aromatic heterocycles. The molecule has 2 aliphatic heterocycles. The average molecular weight is 490 g/mol. The summed E-state index contributed by atoms with van der Waals surface area (Å²) in [7, 11) is 0. The first-order valence-electron chi connectivity index (χ1n) is 11.5. The molecular formula is C30H20NO2PS. The Bertz CT molecular complexity index is 1700. The van der Waals surface area contributed by atoms with Gasteiger partial charge in [-0.05, 0) is 72.1 Å². The fourth-order valence-corrected chi connectivity index (χ4v) is 9.55. The number of pyridine rings is 1. The minimum absolute atomic E-state index is 0.791. The molecule has 0 bridgehead atoms. The maximum atomic E-state index is 6.63. The molecule has 1 atom stereocenters. The first-order chi connectivity index (χ1) is 17.1. The molecule has 2 aliphatic rings. The summed E-state index contributed by atoms with van der Waals surface area (Å²) in [6, 6.07) is 28.8. The van der Waals surface area contributed by atoms with Crippen LogP contribution in [0.3, 0.4) is 0 Å². The number of benzene rings is 4. The molecule has 1 unspecified atom stereocenters. The maximum absolute atomic E-state index is 6.63. The van der Waals surface area contributed by atoms with Gasteiger partial charge in [0.15, 0.2) is 0 Å². The van der Waals surface area contributed by atoms with Crippen molar-refractivity contribution in [3.8, 4) is 45.3 Å². The summed E-state index contributed by atoms with van der Waals surface area (Å²) in [5.74, 6) is 3.27. The molecule has 0 aliphatic carbocycles. The van der Waals surface area contributed by atoms with Crippen LogP contribution in [0.15, 0.2) is 103 Å². The lowest BCUT2D eigenvalue weighted by Gasteiger charge is -2.38. The summed E-state index contributed by atoms with van der Waals surface area (Å²) in [5.41, 5.74) is 5.42. The van der Waals surface area contributed by atoms with Gasteiger partial charge in [-0.15, -0.1) is 0 Å². The van der Waals surface area contributed by atoms with Gasteiger partial charge in [0.05, 0.1) is 11.3 Å². The maximum Gasteiger partial charge on any atom is 0.148 e. The van der Waals surface area contributed by atoms with E-state index in [2.05, 4.69) is 60.4 Å². The minimum Gasteiger partial charge on any atom is -0.456 e.